The minimum absolute atomic E-state index is 0.361. The fourth-order valence-corrected chi connectivity index (χ4v) is 3.32. The van der Waals surface area contributed by atoms with E-state index in [4.69, 9.17) is 4.74 Å². The SMILES string of the molecule is COc1ccc(CC(O)CSc2ccccc2)cc1Br. The lowest BCUT2D eigenvalue weighted by Crippen LogP contribution is -2.13. The van der Waals surface area contributed by atoms with Gasteiger partial charge in [0.15, 0.2) is 0 Å². The molecule has 2 rings (SSSR count). The molecule has 0 fully saturated rings. The van der Waals surface area contributed by atoms with Gasteiger partial charge in [0.05, 0.1) is 17.7 Å². The third-order valence-corrected chi connectivity index (χ3v) is 4.65. The number of hydrogen-bond acceptors (Lipinski definition) is 3. The number of rotatable bonds is 6. The topological polar surface area (TPSA) is 29.5 Å². The van der Waals surface area contributed by atoms with Gasteiger partial charge >= 0.3 is 0 Å². The van der Waals surface area contributed by atoms with Crippen molar-refractivity contribution < 1.29 is 9.84 Å². The van der Waals surface area contributed by atoms with Gasteiger partial charge in [-0.1, -0.05) is 24.3 Å². The van der Waals surface area contributed by atoms with Crippen LogP contribution in [0.25, 0.3) is 0 Å². The molecule has 1 N–H and O–H groups in total. The van der Waals surface area contributed by atoms with Crippen LogP contribution in [0.15, 0.2) is 57.9 Å². The van der Waals surface area contributed by atoms with E-state index in [0.717, 1.165) is 15.8 Å². The van der Waals surface area contributed by atoms with Crippen molar-refractivity contribution in [1.82, 2.24) is 0 Å². The quantitative estimate of drug-likeness (QED) is 0.791. The van der Waals surface area contributed by atoms with E-state index in [1.165, 1.54) is 4.90 Å². The fourth-order valence-electron chi connectivity index (χ4n) is 1.88. The van der Waals surface area contributed by atoms with Crippen LogP contribution in [-0.4, -0.2) is 24.1 Å². The lowest BCUT2D eigenvalue weighted by atomic mass is 10.1. The molecule has 0 heterocycles. The van der Waals surface area contributed by atoms with E-state index in [2.05, 4.69) is 28.1 Å². The number of benzene rings is 2. The minimum Gasteiger partial charge on any atom is -0.496 e. The van der Waals surface area contributed by atoms with Gasteiger partial charge in [-0.3, -0.25) is 0 Å². The first-order chi connectivity index (χ1) is 9.69. The van der Waals surface area contributed by atoms with Gasteiger partial charge in [0.2, 0.25) is 0 Å². The van der Waals surface area contributed by atoms with E-state index in [1.807, 2.05) is 36.4 Å². The zero-order valence-electron chi connectivity index (χ0n) is 11.3. The summed E-state index contributed by atoms with van der Waals surface area (Å²) in [6.45, 7) is 0. The van der Waals surface area contributed by atoms with Crippen LogP contribution in [0.3, 0.4) is 0 Å². The number of thioether (sulfide) groups is 1. The summed E-state index contributed by atoms with van der Waals surface area (Å²) >= 11 is 5.13. The summed E-state index contributed by atoms with van der Waals surface area (Å²) in [4.78, 5) is 1.18. The second-order valence-corrected chi connectivity index (χ2v) is 6.40. The maximum Gasteiger partial charge on any atom is 0.133 e. The molecule has 2 aromatic rings. The molecule has 0 aliphatic rings. The Morgan fingerprint density at radius 3 is 2.60 bits per heavy atom. The predicted octanol–water partition coefficient (Wildman–Crippen LogP) is 4.15. The Morgan fingerprint density at radius 1 is 1.20 bits per heavy atom. The smallest absolute Gasteiger partial charge is 0.133 e. The van der Waals surface area contributed by atoms with Gasteiger partial charge in [0.1, 0.15) is 5.75 Å². The van der Waals surface area contributed by atoms with E-state index in [1.54, 1.807) is 18.9 Å². The van der Waals surface area contributed by atoms with Crippen molar-refractivity contribution in [3.8, 4) is 5.75 Å². The number of halogens is 1. The summed E-state index contributed by atoms with van der Waals surface area (Å²) < 4.78 is 6.11. The maximum absolute atomic E-state index is 10.1. The predicted molar refractivity (Wildman–Crippen MR) is 87.6 cm³/mol. The van der Waals surface area contributed by atoms with E-state index in [9.17, 15) is 5.11 Å². The van der Waals surface area contributed by atoms with Gasteiger partial charge in [0.25, 0.3) is 0 Å². The van der Waals surface area contributed by atoms with E-state index in [0.29, 0.717) is 12.2 Å². The molecule has 0 aromatic heterocycles. The molecule has 0 aliphatic carbocycles. The van der Waals surface area contributed by atoms with Crippen molar-refractivity contribution >= 4 is 27.7 Å². The van der Waals surface area contributed by atoms with Crippen LogP contribution in [0, 0.1) is 0 Å². The summed E-state index contributed by atoms with van der Waals surface area (Å²) in [6, 6.07) is 16.0. The highest BCUT2D eigenvalue weighted by atomic mass is 79.9. The molecule has 0 spiro atoms. The van der Waals surface area contributed by atoms with E-state index >= 15 is 0 Å². The summed E-state index contributed by atoms with van der Waals surface area (Å²) in [5, 5.41) is 10.1. The summed E-state index contributed by atoms with van der Waals surface area (Å²) in [6.07, 6.45) is 0.281. The molecule has 0 bridgehead atoms. The molecular weight excluding hydrogens is 336 g/mol. The average Bonchev–Trinajstić information content (AvgIpc) is 2.46. The first-order valence-electron chi connectivity index (χ1n) is 6.37. The van der Waals surface area contributed by atoms with Crippen LogP contribution in [0.4, 0.5) is 0 Å². The number of methoxy groups -OCH3 is 1. The minimum atomic E-state index is -0.361. The van der Waals surface area contributed by atoms with E-state index in [-0.39, 0.29) is 6.10 Å². The van der Waals surface area contributed by atoms with Crippen LogP contribution in [-0.2, 0) is 6.42 Å². The Bertz CT molecular complexity index is 545. The Labute approximate surface area is 132 Å². The largest absolute Gasteiger partial charge is 0.496 e. The maximum atomic E-state index is 10.1. The first-order valence-corrected chi connectivity index (χ1v) is 8.15. The van der Waals surface area contributed by atoms with Crippen molar-refractivity contribution in [2.45, 2.75) is 17.4 Å². The lowest BCUT2D eigenvalue weighted by molar-refractivity contribution is 0.200. The van der Waals surface area contributed by atoms with Gasteiger partial charge in [0, 0.05) is 10.6 Å². The van der Waals surface area contributed by atoms with Gasteiger partial charge in [-0.15, -0.1) is 11.8 Å². The third-order valence-electron chi connectivity index (χ3n) is 2.87. The highest BCUT2D eigenvalue weighted by molar-refractivity contribution is 9.10. The standard InChI is InChI=1S/C16H17BrO2S/c1-19-16-8-7-12(10-15(16)17)9-13(18)11-20-14-5-3-2-4-6-14/h2-8,10,13,18H,9,11H2,1H3. The van der Waals surface area contributed by atoms with Gasteiger partial charge in [-0.05, 0) is 52.2 Å². The van der Waals surface area contributed by atoms with Gasteiger partial charge in [-0.2, -0.15) is 0 Å². The molecule has 106 valence electrons. The second kappa shape index (κ2) is 7.72. The molecule has 1 unspecified atom stereocenters. The van der Waals surface area contributed by atoms with Crippen LogP contribution >= 0.6 is 27.7 Å². The molecule has 0 aliphatic heterocycles. The molecule has 4 heteroatoms. The molecule has 0 radical (unpaired) electrons. The first kappa shape index (κ1) is 15.4. The highest BCUT2D eigenvalue weighted by Gasteiger charge is 2.08. The van der Waals surface area contributed by atoms with Crippen LogP contribution in [0.5, 0.6) is 5.75 Å². The normalized spacial score (nSPS) is 12.2. The van der Waals surface area contributed by atoms with E-state index < -0.39 is 0 Å². The number of aliphatic hydroxyl groups excluding tert-OH is 1. The van der Waals surface area contributed by atoms with Crippen molar-refractivity contribution in [3.63, 3.8) is 0 Å². The zero-order chi connectivity index (χ0) is 14.4. The Morgan fingerprint density at radius 2 is 1.95 bits per heavy atom. The second-order valence-electron chi connectivity index (χ2n) is 4.45. The molecule has 0 saturated heterocycles. The lowest BCUT2D eigenvalue weighted by Gasteiger charge is -2.11. The monoisotopic (exact) mass is 352 g/mol. The molecule has 0 amide bonds. The van der Waals surface area contributed by atoms with Crippen molar-refractivity contribution in [2.24, 2.45) is 0 Å². The zero-order valence-corrected chi connectivity index (χ0v) is 13.7. The van der Waals surface area contributed by atoms with Crippen molar-refractivity contribution in [3.05, 3.63) is 58.6 Å². The number of aliphatic hydroxyl groups is 1. The fraction of sp³-hybridized carbons (Fsp3) is 0.250. The molecule has 2 nitrogen and oxygen atoms in total. The summed E-state index contributed by atoms with van der Waals surface area (Å²) in [7, 11) is 1.64. The van der Waals surface area contributed by atoms with Crippen molar-refractivity contribution in [2.75, 3.05) is 12.9 Å². The molecule has 20 heavy (non-hydrogen) atoms. The summed E-state index contributed by atoms with van der Waals surface area (Å²) in [5.74, 6) is 1.50. The van der Waals surface area contributed by atoms with Gasteiger partial charge < -0.3 is 9.84 Å². The van der Waals surface area contributed by atoms with Crippen LogP contribution < -0.4 is 4.74 Å². The molecule has 0 saturated carbocycles. The van der Waals surface area contributed by atoms with Crippen molar-refractivity contribution in [1.29, 1.82) is 0 Å². The Hall–Kier alpha value is -0.970. The molecule has 1 atom stereocenters. The molecular formula is C16H17BrO2S. The van der Waals surface area contributed by atoms with Crippen LogP contribution in [0.1, 0.15) is 5.56 Å². The summed E-state index contributed by atoms with van der Waals surface area (Å²) in [5.41, 5.74) is 1.10. The van der Waals surface area contributed by atoms with Gasteiger partial charge in [-0.25, -0.2) is 0 Å². The Balaban J connectivity index is 1.88. The Kier molecular flexibility index (Phi) is 5.95. The average molecular weight is 353 g/mol. The molecule has 2 aromatic carbocycles. The number of hydrogen-bond donors (Lipinski definition) is 1. The number of ether oxygens (including phenoxy) is 1. The van der Waals surface area contributed by atoms with Crippen LogP contribution in [0.2, 0.25) is 0 Å². The highest BCUT2D eigenvalue weighted by Crippen LogP contribution is 2.26. The third kappa shape index (κ3) is 4.54.